The van der Waals surface area contributed by atoms with Crippen LogP contribution in [0.5, 0.6) is 0 Å². The van der Waals surface area contributed by atoms with Gasteiger partial charge in [-0.1, -0.05) is 5.16 Å². The van der Waals surface area contributed by atoms with Gasteiger partial charge in [0.2, 0.25) is 0 Å². The van der Waals surface area contributed by atoms with Crippen LogP contribution in [0, 0.1) is 6.92 Å². The molecule has 0 unspecified atom stereocenters. The maximum atomic E-state index is 12.3. The highest BCUT2D eigenvalue weighted by Gasteiger charge is 2.36. The van der Waals surface area contributed by atoms with Crippen molar-refractivity contribution in [2.24, 2.45) is 0 Å². The third-order valence-electron chi connectivity index (χ3n) is 3.56. The van der Waals surface area contributed by atoms with E-state index in [1.54, 1.807) is 10.4 Å². The van der Waals surface area contributed by atoms with E-state index < -0.39 is 5.60 Å². The Morgan fingerprint density at radius 2 is 2.26 bits per heavy atom. The molecule has 0 saturated carbocycles. The normalized spacial score (nSPS) is 18.4. The van der Waals surface area contributed by atoms with Crippen molar-refractivity contribution in [2.75, 3.05) is 6.54 Å². The summed E-state index contributed by atoms with van der Waals surface area (Å²) in [6.07, 6.45) is 1.37. The zero-order chi connectivity index (χ0) is 16.6. The fourth-order valence-electron chi connectivity index (χ4n) is 2.54. The van der Waals surface area contributed by atoms with Crippen molar-refractivity contribution < 1.29 is 14.1 Å². The van der Waals surface area contributed by atoms with E-state index in [2.05, 4.69) is 15.1 Å². The van der Waals surface area contributed by atoms with Gasteiger partial charge in [-0.2, -0.15) is 4.98 Å². The number of hydrogen-bond acceptors (Lipinski definition) is 7. The number of likely N-dealkylation sites (tertiary alicyclic amines) is 1. The molecule has 3 rings (SSSR count). The molecule has 1 amide bonds. The van der Waals surface area contributed by atoms with Crippen molar-refractivity contribution >= 4 is 17.4 Å². The average Bonchev–Trinajstić information content (AvgIpc) is 3.15. The Hall–Kier alpha value is -1.96. The van der Waals surface area contributed by atoms with Crippen LogP contribution >= 0.6 is 11.3 Å². The van der Waals surface area contributed by atoms with Gasteiger partial charge in [-0.15, -0.1) is 11.3 Å². The predicted molar refractivity (Wildman–Crippen MR) is 85.1 cm³/mol. The van der Waals surface area contributed by atoms with Gasteiger partial charge in [-0.05, 0) is 40.5 Å². The van der Waals surface area contributed by atoms with Crippen molar-refractivity contribution in [3.8, 4) is 10.8 Å². The van der Waals surface area contributed by atoms with Crippen LogP contribution in [-0.4, -0.2) is 38.3 Å². The number of nitrogens with zero attached hydrogens (tertiary/aromatic N) is 4. The van der Waals surface area contributed by atoms with E-state index in [1.165, 1.54) is 11.3 Å². The lowest BCUT2D eigenvalue weighted by molar-refractivity contribution is 0.0217. The summed E-state index contributed by atoms with van der Waals surface area (Å²) in [6, 6.07) is -0.199. The Morgan fingerprint density at radius 3 is 2.91 bits per heavy atom. The smallest absolute Gasteiger partial charge is 0.410 e. The topological polar surface area (TPSA) is 81.4 Å². The second-order valence-corrected chi connectivity index (χ2v) is 7.41. The molecule has 1 aliphatic heterocycles. The molecule has 0 bridgehead atoms. The molecule has 0 aromatic carbocycles. The highest BCUT2D eigenvalue weighted by molar-refractivity contribution is 7.13. The highest BCUT2D eigenvalue weighted by atomic mass is 32.1. The molecule has 3 heterocycles. The standard InChI is InChI=1S/C15H20N4O3S/c1-9-11(23-8-16-9)13-17-12(18-22-13)10-6-5-7-19(10)14(20)21-15(2,3)4/h8,10H,5-7H2,1-4H3/t10-/m1/s1. The first kappa shape index (κ1) is 15.9. The fourth-order valence-corrected chi connectivity index (χ4v) is 3.27. The monoisotopic (exact) mass is 336 g/mol. The zero-order valence-electron chi connectivity index (χ0n) is 13.7. The molecule has 0 N–H and O–H groups in total. The zero-order valence-corrected chi connectivity index (χ0v) is 14.5. The third-order valence-corrected chi connectivity index (χ3v) is 4.48. The molecule has 0 aliphatic carbocycles. The van der Waals surface area contributed by atoms with E-state index in [9.17, 15) is 4.79 Å². The number of amides is 1. The first-order valence-electron chi connectivity index (χ1n) is 7.59. The summed E-state index contributed by atoms with van der Waals surface area (Å²) in [5, 5.41) is 4.07. The summed E-state index contributed by atoms with van der Waals surface area (Å²) in [6.45, 7) is 8.11. The molecule has 1 atom stereocenters. The summed E-state index contributed by atoms with van der Waals surface area (Å²) in [7, 11) is 0. The van der Waals surface area contributed by atoms with Crippen LogP contribution in [0.3, 0.4) is 0 Å². The van der Waals surface area contributed by atoms with Crippen LogP contribution < -0.4 is 0 Å². The number of aryl methyl sites for hydroxylation is 1. The van der Waals surface area contributed by atoms with Crippen molar-refractivity contribution in [3.05, 3.63) is 17.0 Å². The minimum Gasteiger partial charge on any atom is -0.444 e. The maximum absolute atomic E-state index is 12.3. The number of rotatable bonds is 2. The summed E-state index contributed by atoms with van der Waals surface area (Å²) in [4.78, 5) is 23.5. The molecule has 1 aliphatic rings. The van der Waals surface area contributed by atoms with Gasteiger partial charge in [0.15, 0.2) is 5.82 Å². The van der Waals surface area contributed by atoms with Crippen LogP contribution in [0.1, 0.15) is 51.2 Å². The summed E-state index contributed by atoms with van der Waals surface area (Å²) in [5.74, 6) is 0.979. The SMILES string of the molecule is Cc1ncsc1-c1nc([C@H]2CCCN2C(=O)OC(C)(C)C)no1. The Balaban J connectivity index is 1.80. The molecule has 1 fully saturated rings. The van der Waals surface area contributed by atoms with E-state index in [4.69, 9.17) is 9.26 Å². The first-order chi connectivity index (χ1) is 10.8. The fraction of sp³-hybridized carbons (Fsp3) is 0.600. The average molecular weight is 336 g/mol. The maximum Gasteiger partial charge on any atom is 0.410 e. The van der Waals surface area contributed by atoms with Gasteiger partial charge in [-0.25, -0.2) is 9.78 Å². The number of carbonyl (C=O) groups excluding carboxylic acids is 1. The molecule has 2 aromatic rings. The number of ether oxygens (including phenoxy) is 1. The summed E-state index contributed by atoms with van der Waals surface area (Å²) >= 11 is 1.46. The Morgan fingerprint density at radius 1 is 1.48 bits per heavy atom. The van der Waals surface area contributed by atoms with Gasteiger partial charge in [-0.3, -0.25) is 4.90 Å². The van der Waals surface area contributed by atoms with Crippen LogP contribution in [-0.2, 0) is 4.74 Å². The van der Waals surface area contributed by atoms with Crippen molar-refractivity contribution in [2.45, 2.75) is 52.2 Å². The summed E-state index contributed by atoms with van der Waals surface area (Å²) < 4.78 is 10.8. The van der Waals surface area contributed by atoms with E-state index in [-0.39, 0.29) is 12.1 Å². The minimum absolute atomic E-state index is 0.199. The third kappa shape index (κ3) is 3.36. The number of hydrogen-bond donors (Lipinski definition) is 0. The Labute approximate surface area is 138 Å². The van der Waals surface area contributed by atoms with Gasteiger partial charge in [0.25, 0.3) is 5.89 Å². The van der Waals surface area contributed by atoms with Gasteiger partial charge in [0.05, 0.1) is 17.2 Å². The van der Waals surface area contributed by atoms with E-state index in [0.717, 1.165) is 23.4 Å². The predicted octanol–water partition coefficient (Wildman–Crippen LogP) is 3.57. The van der Waals surface area contributed by atoms with Gasteiger partial charge in [0, 0.05) is 6.54 Å². The van der Waals surface area contributed by atoms with Crippen LogP contribution in [0.25, 0.3) is 10.8 Å². The molecule has 1 saturated heterocycles. The van der Waals surface area contributed by atoms with Gasteiger partial charge < -0.3 is 9.26 Å². The molecular formula is C15H20N4O3S. The second-order valence-electron chi connectivity index (χ2n) is 6.56. The van der Waals surface area contributed by atoms with E-state index in [1.807, 2.05) is 27.7 Å². The molecule has 23 heavy (non-hydrogen) atoms. The van der Waals surface area contributed by atoms with Crippen LogP contribution in [0.15, 0.2) is 10.0 Å². The molecular weight excluding hydrogens is 316 g/mol. The quantitative estimate of drug-likeness (QED) is 0.834. The second kappa shape index (κ2) is 5.92. The molecule has 124 valence electrons. The molecule has 7 nitrogen and oxygen atoms in total. The lowest BCUT2D eigenvalue weighted by atomic mass is 10.2. The molecule has 8 heteroatoms. The van der Waals surface area contributed by atoms with Crippen molar-refractivity contribution in [1.82, 2.24) is 20.0 Å². The lowest BCUT2D eigenvalue weighted by Crippen LogP contribution is -2.36. The van der Waals surface area contributed by atoms with Crippen molar-refractivity contribution in [1.29, 1.82) is 0 Å². The molecule has 0 spiro atoms. The number of thiazole rings is 1. The number of carbonyl (C=O) groups is 1. The van der Waals surface area contributed by atoms with E-state index in [0.29, 0.717) is 18.3 Å². The van der Waals surface area contributed by atoms with Crippen LogP contribution in [0.2, 0.25) is 0 Å². The van der Waals surface area contributed by atoms with Gasteiger partial charge >= 0.3 is 6.09 Å². The Bertz CT molecular complexity index is 704. The largest absolute Gasteiger partial charge is 0.444 e. The number of aromatic nitrogens is 3. The molecule has 2 aromatic heterocycles. The van der Waals surface area contributed by atoms with Crippen LogP contribution in [0.4, 0.5) is 4.79 Å². The van der Waals surface area contributed by atoms with Crippen molar-refractivity contribution in [3.63, 3.8) is 0 Å². The first-order valence-corrected chi connectivity index (χ1v) is 8.47. The highest BCUT2D eigenvalue weighted by Crippen LogP contribution is 2.33. The lowest BCUT2D eigenvalue weighted by Gasteiger charge is -2.27. The Kier molecular flexibility index (Phi) is 4.09. The van der Waals surface area contributed by atoms with E-state index >= 15 is 0 Å². The minimum atomic E-state index is -0.521. The molecule has 0 radical (unpaired) electrons. The van der Waals surface area contributed by atoms with Gasteiger partial charge in [0.1, 0.15) is 10.5 Å². The summed E-state index contributed by atoms with van der Waals surface area (Å²) in [5.41, 5.74) is 2.09.